The molecule has 0 amide bonds. The molecule has 0 saturated carbocycles. The van der Waals surface area contributed by atoms with Gasteiger partial charge in [-0.1, -0.05) is 6.92 Å². The molecule has 2 heterocycles. The van der Waals surface area contributed by atoms with Crippen molar-refractivity contribution in [2.45, 2.75) is 19.9 Å². The normalized spacial score (nSPS) is 10.8. The zero-order valence-corrected chi connectivity index (χ0v) is 10.6. The highest BCUT2D eigenvalue weighted by atomic mass is 16.5. The number of aromatic nitrogens is 3. The van der Waals surface area contributed by atoms with Crippen LogP contribution in [0, 0.1) is 0 Å². The number of pyridine rings is 1. The zero-order valence-electron chi connectivity index (χ0n) is 10.6. The number of ether oxygens (including phenoxy) is 1. The van der Waals surface area contributed by atoms with Crippen molar-refractivity contribution in [1.29, 1.82) is 0 Å². The summed E-state index contributed by atoms with van der Waals surface area (Å²) >= 11 is 0. The van der Waals surface area contributed by atoms with Gasteiger partial charge in [-0.05, 0) is 12.5 Å². The minimum atomic E-state index is -0.352. The van der Waals surface area contributed by atoms with Gasteiger partial charge in [-0.15, -0.1) is 0 Å². The van der Waals surface area contributed by atoms with Crippen LogP contribution >= 0.6 is 0 Å². The summed E-state index contributed by atoms with van der Waals surface area (Å²) < 4.78 is 7.75. The average molecular weight is 249 g/mol. The Morgan fingerprint density at radius 2 is 2.11 bits per heavy atom. The first-order valence-electron chi connectivity index (χ1n) is 5.74. The SMILES string of the molecule is CCCn1c(=O)c2c(OC)ccnc2n(C)c1=O. The van der Waals surface area contributed by atoms with Crippen LogP contribution in [0.4, 0.5) is 0 Å². The molecule has 2 rings (SSSR count). The Hall–Kier alpha value is -2.11. The van der Waals surface area contributed by atoms with Crippen LogP contribution in [0.2, 0.25) is 0 Å². The Labute approximate surface area is 103 Å². The Bertz CT molecular complexity index is 700. The minimum Gasteiger partial charge on any atom is -0.496 e. The monoisotopic (exact) mass is 249 g/mol. The Kier molecular flexibility index (Phi) is 3.18. The lowest BCUT2D eigenvalue weighted by molar-refractivity contribution is 0.418. The van der Waals surface area contributed by atoms with Gasteiger partial charge >= 0.3 is 5.69 Å². The molecule has 0 N–H and O–H groups in total. The van der Waals surface area contributed by atoms with Crippen LogP contribution in [-0.4, -0.2) is 21.2 Å². The molecule has 2 aromatic heterocycles. The molecule has 2 aromatic rings. The number of fused-ring (bicyclic) bond motifs is 1. The van der Waals surface area contributed by atoms with Gasteiger partial charge in [0.15, 0.2) is 5.65 Å². The van der Waals surface area contributed by atoms with E-state index < -0.39 is 0 Å². The molecule has 0 bridgehead atoms. The topological polar surface area (TPSA) is 66.1 Å². The van der Waals surface area contributed by atoms with E-state index in [4.69, 9.17) is 4.74 Å². The molecule has 0 fully saturated rings. The molecule has 96 valence electrons. The fourth-order valence-electron chi connectivity index (χ4n) is 1.97. The van der Waals surface area contributed by atoms with Crippen LogP contribution in [0.15, 0.2) is 21.9 Å². The summed E-state index contributed by atoms with van der Waals surface area (Å²) in [5.41, 5.74) is -0.355. The molecule has 0 unspecified atom stereocenters. The number of aryl methyl sites for hydroxylation is 1. The standard InChI is InChI=1S/C12H15N3O3/c1-4-7-15-11(16)9-8(18-3)5-6-13-10(9)14(2)12(15)17/h5-6H,4,7H2,1-3H3. The van der Waals surface area contributed by atoms with Gasteiger partial charge < -0.3 is 4.74 Å². The summed E-state index contributed by atoms with van der Waals surface area (Å²) in [5, 5.41) is 0.343. The van der Waals surface area contributed by atoms with Crippen molar-refractivity contribution in [3.63, 3.8) is 0 Å². The van der Waals surface area contributed by atoms with Gasteiger partial charge in [0.25, 0.3) is 5.56 Å². The third kappa shape index (κ3) is 1.70. The van der Waals surface area contributed by atoms with E-state index in [2.05, 4.69) is 4.98 Å². The lowest BCUT2D eigenvalue weighted by atomic mass is 10.3. The van der Waals surface area contributed by atoms with E-state index in [0.29, 0.717) is 29.7 Å². The molecule has 6 nitrogen and oxygen atoms in total. The molecule has 0 aliphatic rings. The number of hydrogen-bond donors (Lipinski definition) is 0. The predicted molar refractivity (Wildman–Crippen MR) is 68.1 cm³/mol. The summed E-state index contributed by atoms with van der Waals surface area (Å²) in [5.74, 6) is 0.436. The van der Waals surface area contributed by atoms with Gasteiger partial charge in [-0.3, -0.25) is 13.9 Å². The van der Waals surface area contributed by atoms with E-state index in [0.717, 1.165) is 0 Å². The van der Waals surface area contributed by atoms with Crippen LogP contribution < -0.4 is 16.0 Å². The number of hydrogen-bond acceptors (Lipinski definition) is 4. The van der Waals surface area contributed by atoms with Crippen LogP contribution in [0.1, 0.15) is 13.3 Å². The smallest absolute Gasteiger partial charge is 0.332 e. The van der Waals surface area contributed by atoms with E-state index in [9.17, 15) is 9.59 Å². The van der Waals surface area contributed by atoms with E-state index in [1.165, 1.54) is 22.4 Å². The van der Waals surface area contributed by atoms with Crippen molar-refractivity contribution in [2.24, 2.45) is 7.05 Å². The van der Waals surface area contributed by atoms with Crippen molar-refractivity contribution in [1.82, 2.24) is 14.1 Å². The molecule has 0 saturated heterocycles. The van der Waals surface area contributed by atoms with Gasteiger partial charge in [-0.2, -0.15) is 0 Å². The fraction of sp³-hybridized carbons (Fsp3) is 0.417. The second-order valence-corrected chi connectivity index (χ2v) is 4.01. The minimum absolute atomic E-state index is 0.343. The molecule has 0 spiro atoms. The van der Waals surface area contributed by atoms with Crippen LogP contribution in [0.25, 0.3) is 11.0 Å². The maximum Gasteiger partial charge on any atom is 0.332 e. The average Bonchev–Trinajstić information content (AvgIpc) is 2.40. The fourth-order valence-corrected chi connectivity index (χ4v) is 1.97. The third-order valence-electron chi connectivity index (χ3n) is 2.85. The lowest BCUT2D eigenvalue weighted by Gasteiger charge is -2.11. The number of rotatable bonds is 3. The third-order valence-corrected chi connectivity index (χ3v) is 2.85. The molecular formula is C12H15N3O3. The molecule has 0 aliphatic heterocycles. The molecule has 18 heavy (non-hydrogen) atoms. The van der Waals surface area contributed by atoms with Crippen LogP contribution in [0.5, 0.6) is 5.75 Å². The maximum absolute atomic E-state index is 12.3. The Morgan fingerprint density at radius 3 is 2.72 bits per heavy atom. The summed E-state index contributed by atoms with van der Waals surface area (Å²) in [6, 6.07) is 1.62. The highest BCUT2D eigenvalue weighted by Crippen LogP contribution is 2.18. The maximum atomic E-state index is 12.3. The number of nitrogens with zero attached hydrogens (tertiary/aromatic N) is 3. The van der Waals surface area contributed by atoms with Crippen molar-refractivity contribution >= 4 is 11.0 Å². The molecular weight excluding hydrogens is 234 g/mol. The van der Waals surface area contributed by atoms with E-state index in [-0.39, 0.29) is 11.2 Å². The van der Waals surface area contributed by atoms with E-state index >= 15 is 0 Å². The first kappa shape index (κ1) is 12.3. The van der Waals surface area contributed by atoms with Crippen molar-refractivity contribution < 1.29 is 4.74 Å². The highest BCUT2D eigenvalue weighted by Gasteiger charge is 2.14. The molecule has 0 aromatic carbocycles. The van der Waals surface area contributed by atoms with Gasteiger partial charge in [0.1, 0.15) is 11.1 Å². The van der Waals surface area contributed by atoms with Gasteiger partial charge in [0, 0.05) is 19.8 Å². The van der Waals surface area contributed by atoms with Crippen LogP contribution in [0.3, 0.4) is 0 Å². The molecule has 0 radical (unpaired) electrons. The highest BCUT2D eigenvalue weighted by molar-refractivity contribution is 5.80. The lowest BCUT2D eigenvalue weighted by Crippen LogP contribution is -2.39. The summed E-state index contributed by atoms with van der Waals surface area (Å²) in [6.45, 7) is 2.30. The van der Waals surface area contributed by atoms with Crippen LogP contribution in [-0.2, 0) is 13.6 Å². The second kappa shape index (κ2) is 4.64. The quantitative estimate of drug-likeness (QED) is 0.795. The number of methoxy groups -OCH3 is 1. The van der Waals surface area contributed by atoms with Gasteiger partial charge in [0.2, 0.25) is 0 Å². The van der Waals surface area contributed by atoms with Gasteiger partial charge in [0.05, 0.1) is 7.11 Å². The first-order chi connectivity index (χ1) is 8.61. The summed E-state index contributed by atoms with van der Waals surface area (Å²) in [7, 11) is 3.09. The predicted octanol–water partition coefficient (Wildman–Crippen LogP) is 0.514. The summed E-state index contributed by atoms with van der Waals surface area (Å²) in [4.78, 5) is 28.4. The van der Waals surface area contributed by atoms with Gasteiger partial charge in [-0.25, -0.2) is 9.78 Å². The molecule has 6 heteroatoms. The molecule has 0 atom stereocenters. The van der Waals surface area contributed by atoms with E-state index in [1.807, 2.05) is 6.92 Å². The summed E-state index contributed by atoms with van der Waals surface area (Å²) in [6.07, 6.45) is 2.23. The first-order valence-corrected chi connectivity index (χ1v) is 5.74. The van der Waals surface area contributed by atoms with E-state index in [1.54, 1.807) is 13.1 Å². The Morgan fingerprint density at radius 1 is 1.39 bits per heavy atom. The zero-order chi connectivity index (χ0) is 13.3. The largest absolute Gasteiger partial charge is 0.496 e. The van der Waals surface area contributed by atoms with Crippen molar-refractivity contribution in [3.05, 3.63) is 33.1 Å². The van der Waals surface area contributed by atoms with Crippen molar-refractivity contribution in [3.8, 4) is 5.75 Å². The molecule has 0 aliphatic carbocycles. The second-order valence-electron chi connectivity index (χ2n) is 4.01. The van der Waals surface area contributed by atoms with Crippen molar-refractivity contribution in [2.75, 3.05) is 7.11 Å². The Balaban J connectivity index is 2.99.